The minimum atomic E-state index is -7.17. The molecular weight excluding hydrogens is 439 g/mol. The van der Waals surface area contributed by atoms with Crippen LogP contribution in [0.5, 0.6) is 0 Å². The van der Waals surface area contributed by atoms with Crippen molar-refractivity contribution in [3.63, 3.8) is 0 Å². The summed E-state index contributed by atoms with van der Waals surface area (Å²) in [4.78, 5) is 0. The maximum atomic E-state index is 12.7. The SMILES string of the molecule is NC1=C(Cl)C(Cl)(N(S(=O)(=O)C(F)(F)F)S(=O)(=O)C(F)(F)F)NC=C1. The Morgan fingerprint density at radius 2 is 1.42 bits per heavy atom. The first-order chi connectivity index (χ1) is 10.4. The minimum absolute atomic E-state index is 0.513. The molecule has 1 unspecified atom stereocenters. The van der Waals surface area contributed by atoms with Crippen LogP contribution in [0.3, 0.4) is 0 Å². The van der Waals surface area contributed by atoms with Crippen molar-refractivity contribution < 1.29 is 43.2 Å². The highest BCUT2D eigenvalue weighted by Crippen LogP contribution is 2.45. The van der Waals surface area contributed by atoms with Crippen LogP contribution in [-0.2, 0) is 20.0 Å². The molecule has 1 aliphatic rings. The Morgan fingerprint density at radius 1 is 1.04 bits per heavy atom. The van der Waals surface area contributed by atoms with E-state index >= 15 is 0 Å². The molecule has 3 N–H and O–H groups in total. The summed E-state index contributed by atoms with van der Waals surface area (Å²) in [6.07, 6.45) is 1.31. The standard InChI is InChI=1S/C7H5Cl2F6N3O4S2/c8-4-3(16)1-2-17-5(4,9)18(23(19,20)6(10,11)12)24(21,22)7(13,14)15/h1-2,17H,16H2. The highest BCUT2D eigenvalue weighted by molar-refractivity contribution is 8.05. The van der Waals surface area contributed by atoms with Crippen LogP contribution in [0.2, 0.25) is 0 Å². The molecule has 17 heteroatoms. The van der Waals surface area contributed by atoms with E-state index in [1.807, 2.05) is 0 Å². The van der Waals surface area contributed by atoms with E-state index in [-0.39, 0.29) is 0 Å². The zero-order chi connectivity index (χ0) is 19.4. The van der Waals surface area contributed by atoms with Crippen LogP contribution in [0.1, 0.15) is 0 Å². The van der Waals surface area contributed by atoms with Crippen molar-refractivity contribution in [3.8, 4) is 0 Å². The third kappa shape index (κ3) is 3.14. The lowest BCUT2D eigenvalue weighted by atomic mass is 10.3. The van der Waals surface area contributed by atoms with Crippen molar-refractivity contribution in [1.29, 1.82) is 0 Å². The van der Waals surface area contributed by atoms with Gasteiger partial charge in [0.15, 0.2) is 0 Å². The molecular formula is C7H5Cl2F6N3O4S2. The second kappa shape index (κ2) is 5.82. The number of nitrogens with two attached hydrogens (primary N) is 1. The number of sulfonamides is 2. The van der Waals surface area contributed by atoms with E-state index in [1.54, 1.807) is 0 Å². The number of dihydropyridines is 1. The molecule has 0 amide bonds. The number of nitrogens with one attached hydrogen (secondary N) is 1. The van der Waals surface area contributed by atoms with Crippen LogP contribution >= 0.6 is 23.2 Å². The quantitative estimate of drug-likeness (QED) is 0.387. The van der Waals surface area contributed by atoms with Gasteiger partial charge < -0.3 is 11.1 Å². The monoisotopic (exact) mass is 443 g/mol. The highest BCUT2D eigenvalue weighted by Gasteiger charge is 2.68. The Balaban J connectivity index is 3.88. The maximum absolute atomic E-state index is 12.7. The molecule has 0 bridgehead atoms. The lowest BCUT2D eigenvalue weighted by Gasteiger charge is -2.38. The van der Waals surface area contributed by atoms with Crippen LogP contribution < -0.4 is 11.1 Å². The van der Waals surface area contributed by atoms with Crippen molar-refractivity contribution in [2.45, 2.75) is 16.1 Å². The van der Waals surface area contributed by atoms with Crippen LogP contribution in [-0.4, -0.2) is 36.7 Å². The van der Waals surface area contributed by atoms with E-state index in [9.17, 15) is 43.2 Å². The van der Waals surface area contributed by atoms with Gasteiger partial charge in [0.1, 0.15) is 0 Å². The lowest BCUT2D eigenvalue weighted by Crippen LogP contribution is -2.64. The number of rotatable bonds is 3. The zero-order valence-electron chi connectivity index (χ0n) is 10.7. The molecule has 0 saturated heterocycles. The lowest BCUT2D eigenvalue weighted by molar-refractivity contribution is -0.0549. The summed E-state index contributed by atoms with van der Waals surface area (Å²) in [6.45, 7) is 0. The zero-order valence-corrected chi connectivity index (χ0v) is 13.8. The fourth-order valence-corrected chi connectivity index (χ4v) is 5.24. The molecule has 7 nitrogen and oxygen atoms in total. The van der Waals surface area contributed by atoms with E-state index in [1.165, 1.54) is 5.32 Å². The molecule has 0 fully saturated rings. The molecule has 1 atom stereocenters. The highest BCUT2D eigenvalue weighted by atomic mass is 35.5. The predicted octanol–water partition coefficient (Wildman–Crippen LogP) is 1.41. The first-order valence-electron chi connectivity index (χ1n) is 5.12. The van der Waals surface area contributed by atoms with Gasteiger partial charge in [-0.2, -0.15) is 26.3 Å². The summed E-state index contributed by atoms with van der Waals surface area (Å²) in [5, 5.41) is -3.54. The first-order valence-corrected chi connectivity index (χ1v) is 8.76. The summed E-state index contributed by atoms with van der Waals surface area (Å²) in [5.74, 6) is 0. The summed E-state index contributed by atoms with van der Waals surface area (Å²) in [7, 11) is -14.3. The predicted molar refractivity (Wildman–Crippen MR) is 69.7 cm³/mol. The molecule has 140 valence electrons. The molecule has 0 radical (unpaired) electrons. The van der Waals surface area contributed by atoms with E-state index in [4.69, 9.17) is 28.9 Å². The number of hydrogen-bond acceptors (Lipinski definition) is 6. The number of nitrogens with zero attached hydrogens (tertiary/aromatic N) is 1. The molecule has 0 aromatic heterocycles. The third-order valence-electron chi connectivity index (χ3n) is 2.35. The van der Waals surface area contributed by atoms with Crippen LogP contribution in [0.25, 0.3) is 0 Å². The number of hydrogen-bond donors (Lipinski definition) is 2. The second-order valence-corrected chi connectivity index (χ2v) is 8.68. The Bertz CT molecular complexity index is 759. The van der Waals surface area contributed by atoms with Crippen LogP contribution in [0.15, 0.2) is 23.0 Å². The summed E-state index contributed by atoms with van der Waals surface area (Å²) in [6, 6.07) is 0. The topological polar surface area (TPSA) is 110 Å². The molecule has 0 saturated carbocycles. The van der Waals surface area contributed by atoms with Crippen molar-refractivity contribution in [2.24, 2.45) is 5.73 Å². The molecule has 1 heterocycles. The molecule has 1 rings (SSSR count). The Hall–Kier alpha value is -0.900. The van der Waals surface area contributed by atoms with E-state index < -0.39 is 50.6 Å². The largest absolute Gasteiger partial charge is 0.512 e. The maximum Gasteiger partial charge on any atom is 0.512 e. The Labute approximate surface area is 140 Å². The number of allylic oxidation sites excluding steroid dienone is 1. The van der Waals surface area contributed by atoms with Gasteiger partial charge in [-0.25, -0.2) is 16.8 Å². The van der Waals surface area contributed by atoms with Crippen LogP contribution in [0.4, 0.5) is 26.3 Å². The molecule has 24 heavy (non-hydrogen) atoms. The molecule has 1 aliphatic heterocycles. The third-order valence-corrected chi connectivity index (χ3v) is 7.38. The first kappa shape index (κ1) is 21.1. The van der Waals surface area contributed by atoms with E-state index in [0.717, 1.165) is 6.08 Å². The van der Waals surface area contributed by atoms with Crippen LogP contribution in [0, 0.1) is 0 Å². The molecule has 0 spiro atoms. The van der Waals surface area contributed by atoms with Crippen molar-refractivity contribution in [1.82, 2.24) is 9.03 Å². The van der Waals surface area contributed by atoms with Gasteiger partial charge in [-0.1, -0.05) is 23.2 Å². The molecule has 0 aliphatic carbocycles. The van der Waals surface area contributed by atoms with Crippen molar-refractivity contribution in [3.05, 3.63) is 23.0 Å². The van der Waals surface area contributed by atoms with Gasteiger partial charge in [0.25, 0.3) is 0 Å². The fraction of sp³-hybridized carbons (Fsp3) is 0.429. The summed E-state index contributed by atoms with van der Waals surface area (Å²) < 4.78 is 120. The second-order valence-electron chi connectivity index (χ2n) is 3.97. The Morgan fingerprint density at radius 3 is 1.75 bits per heavy atom. The van der Waals surface area contributed by atoms with Gasteiger partial charge in [0, 0.05) is 6.20 Å². The molecule has 0 aromatic rings. The van der Waals surface area contributed by atoms with Gasteiger partial charge in [0.2, 0.25) is 5.12 Å². The normalized spacial score (nSPS) is 23.5. The van der Waals surface area contributed by atoms with E-state index in [2.05, 4.69) is 0 Å². The summed E-state index contributed by atoms with van der Waals surface area (Å²) in [5.41, 5.74) is -8.53. The van der Waals surface area contributed by atoms with Gasteiger partial charge in [-0.05, 0) is 9.79 Å². The van der Waals surface area contributed by atoms with Crippen molar-refractivity contribution in [2.75, 3.05) is 0 Å². The Kier molecular flexibility index (Phi) is 5.13. The van der Waals surface area contributed by atoms with Crippen molar-refractivity contribution >= 4 is 43.2 Å². The molecule has 0 aromatic carbocycles. The van der Waals surface area contributed by atoms with Gasteiger partial charge in [-0.3, -0.25) is 0 Å². The van der Waals surface area contributed by atoms with Gasteiger partial charge >= 0.3 is 31.1 Å². The average molecular weight is 444 g/mol. The number of halogens is 8. The van der Waals surface area contributed by atoms with E-state index in [0.29, 0.717) is 6.20 Å². The number of alkyl halides is 7. The average Bonchev–Trinajstić information content (AvgIpc) is 2.32. The van der Waals surface area contributed by atoms with Gasteiger partial charge in [0.05, 0.1) is 10.7 Å². The summed E-state index contributed by atoms with van der Waals surface area (Å²) >= 11 is 10.8. The fourth-order valence-electron chi connectivity index (χ4n) is 1.35. The smallest absolute Gasteiger partial charge is 0.398 e. The minimum Gasteiger partial charge on any atom is -0.398 e. The van der Waals surface area contributed by atoms with Gasteiger partial charge in [-0.15, -0.1) is 0 Å².